The van der Waals surface area contributed by atoms with Crippen molar-refractivity contribution in [2.24, 2.45) is 0 Å². The molecule has 0 aliphatic heterocycles. The van der Waals surface area contributed by atoms with Crippen LogP contribution >= 0.6 is 11.3 Å². The van der Waals surface area contributed by atoms with Crippen LogP contribution in [0.2, 0.25) is 0 Å². The average molecular weight is 334 g/mol. The Labute approximate surface area is 132 Å². The molecule has 0 saturated heterocycles. The molecule has 5 nitrogen and oxygen atoms in total. The Morgan fingerprint density at radius 2 is 2.05 bits per heavy atom. The lowest BCUT2D eigenvalue weighted by molar-refractivity contribution is 0.278. The van der Waals surface area contributed by atoms with Gasteiger partial charge >= 0.3 is 0 Å². The van der Waals surface area contributed by atoms with Crippen molar-refractivity contribution in [3.05, 3.63) is 17.0 Å². The number of sulfonamides is 1. The Kier molecular flexibility index (Phi) is 7.83. The predicted octanol–water partition coefficient (Wildman–Crippen LogP) is 1.87. The van der Waals surface area contributed by atoms with Gasteiger partial charge < -0.3 is 10.2 Å². The van der Waals surface area contributed by atoms with Gasteiger partial charge in [-0.25, -0.2) is 13.1 Å². The number of hydrogen-bond acceptors (Lipinski definition) is 5. The van der Waals surface area contributed by atoms with Crippen LogP contribution in [0, 0.1) is 0 Å². The quantitative estimate of drug-likeness (QED) is 0.642. The van der Waals surface area contributed by atoms with Crippen LogP contribution in [-0.4, -0.2) is 46.0 Å². The minimum Gasteiger partial charge on any atom is -0.313 e. The average Bonchev–Trinajstić information content (AvgIpc) is 2.88. The van der Waals surface area contributed by atoms with Crippen molar-refractivity contribution in [2.45, 2.75) is 44.0 Å². The zero-order valence-electron chi connectivity index (χ0n) is 13.3. The zero-order chi connectivity index (χ0) is 15.9. The Morgan fingerprint density at radius 3 is 2.67 bits per heavy atom. The molecule has 7 heteroatoms. The first-order valence-corrected chi connectivity index (χ1v) is 9.71. The van der Waals surface area contributed by atoms with Gasteiger partial charge in [0.05, 0.1) is 0 Å². The van der Waals surface area contributed by atoms with E-state index in [2.05, 4.69) is 35.7 Å². The minimum atomic E-state index is -3.38. The summed E-state index contributed by atoms with van der Waals surface area (Å²) >= 11 is 1.28. The molecule has 2 N–H and O–H groups in total. The molecule has 0 aliphatic rings. The number of likely N-dealkylation sites (N-methyl/N-ethyl adjacent to an activating group) is 1. The fraction of sp³-hybridized carbons (Fsp3) is 0.714. The third kappa shape index (κ3) is 6.44. The summed E-state index contributed by atoms with van der Waals surface area (Å²) in [6.07, 6.45) is 1.07. The van der Waals surface area contributed by atoms with Crippen molar-refractivity contribution in [3.8, 4) is 0 Å². The van der Waals surface area contributed by atoms with Crippen molar-refractivity contribution in [2.75, 3.05) is 26.7 Å². The normalized spacial score (nSPS) is 12.5. The van der Waals surface area contributed by atoms with Crippen molar-refractivity contribution < 1.29 is 8.42 Å². The highest BCUT2D eigenvalue weighted by Gasteiger charge is 2.16. The highest BCUT2D eigenvalue weighted by molar-refractivity contribution is 7.91. The molecular weight excluding hydrogens is 306 g/mol. The van der Waals surface area contributed by atoms with Crippen LogP contribution in [0.4, 0.5) is 0 Å². The lowest BCUT2D eigenvalue weighted by Crippen LogP contribution is -2.35. The van der Waals surface area contributed by atoms with E-state index in [-0.39, 0.29) is 0 Å². The molecule has 0 fully saturated rings. The van der Waals surface area contributed by atoms with E-state index >= 15 is 0 Å². The van der Waals surface area contributed by atoms with Gasteiger partial charge in [-0.1, -0.05) is 6.92 Å². The predicted molar refractivity (Wildman–Crippen MR) is 89.3 cm³/mol. The highest BCUT2D eigenvalue weighted by atomic mass is 32.2. The second-order valence-electron chi connectivity index (χ2n) is 5.42. The Morgan fingerprint density at radius 1 is 1.33 bits per heavy atom. The van der Waals surface area contributed by atoms with Gasteiger partial charge in [-0.2, -0.15) is 0 Å². The molecule has 1 aromatic rings. The molecule has 122 valence electrons. The minimum absolute atomic E-state index is 0.392. The summed E-state index contributed by atoms with van der Waals surface area (Å²) in [4.78, 5) is 2.11. The first kappa shape index (κ1) is 18.6. The maximum absolute atomic E-state index is 12.2. The van der Waals surface area contributed by atoms with Crippen LogP contribution in [0.1, 0.15) is 32.8 Å². The van der Waals surface area contributed by atoms with Gasteiger partial charge in [-0.3, -0.25) is 0 Å². The summed E-state index contributed by atoms with van der Waals surface area (Å²) in [7, 11) is -1.39. The number of hydrogen-bond donors (Lipinski definition) is 2. The van der Waals surface area contributed by atoms with Gasteiger partial charge in [0.1, 0.15) is 4.21 Å². The fourth-order valence-corrected chi connectivity index (χ4v) is 3.96. The van der Waals surface area contributed by atoms with E-state index in [1.54, 1.807) is 6.07 Å². The molecule has 0 atom stereocenters. The van der Waals surface area contributed by atoms with Gasteiger partial charge in [0.25, 0.3) is 0 Å². The van der Waals surface area contributed by atoms with Crippen LogP contribution in [0.15, 0.2) is 15.7 Å². The third-order valence-electron chi connectivity index (χ3n) is 3.29. The summed E-state index contributed by atoms with van der Waals surface area (Å²) < 4.78 is 27.4. The summed E-state index contributed by atoms with van der Waals surface area (Å²) in [6, 6.07) is 2.16. The number of nitrogens with zero attached hydrogens (tertiary/aromatic N) is 1. The second kappa shape index (κ2) is 8.85. The van der Waals surface area contributed by atoms with Crippen LogP contribution < -0.4 is 10.0 Å². The topological polar surface area (TPSA) is 61.4 Å². The second-order valence-corrected chi connectivity index (χ2v) is 8.33. The summed E-state index contributed by atoms with van der Waals surface area (Å²) in [5.41, 5.74) is 1.02. The maximum Gasteiger partial charge on any atom is 0.250 e. The molecule has 0 aromatic carbocycles. The van der Waals surface area contributed by atoms with Crippen LogP contribution in [0.5, 0.6) is 0 Å². The van der Waals surface area contributed by atoms with E-state index in [0.29, 0.717) is 23.3 Å². The third-order valence-corrected chi connectivity index (χ3v) is 6.24. The standard InChI is InChI=1S/C14H27N3O2S2/c1-5-6-15-10-13-9-14(20-11-13)21(18,19)16-7-8-17(4)12(2)3/h9,11-12,15-16H,5-8,10H2,1-4H3. The van der Waals surface area contributed by atoms with E-state index in [0.717, 1.165) is 25.1 Å². The summed E-state index contributed by atoms with van der Waals surface area (Å²) in [6.45, 7) is 9.07. The van der Waals surface area contributed by atoms with Crippen molar-refractivity contribution in [1.29, 1.82) is 0 Å². The SMILES string of the molecule is CCCNCc1csc(S(=O)(=O)NCCN(C)C(C)C)c1. The molecule has 1 rings (SSSR count). The molecular formula is C14H27N3O2S2. The van der Waals surface area contributed by atoms with E-state index in [9.17, 15) is 8.42 Å². The molecule has 1 heterocycles. The molecule has 0 radical (unpaired) electrons. The van der Waals surface area contributed by atoms with E-state index in [1.807, 2.05) is 12.4 Å². The van der Waals surface area contributed by atoms with E-state index in [4.69, 9.17) is 0 Å². The highest BCUT2D eigenvalue weighted by Crippen LogP contribution is 2.19. The molecule has 0 saturated carbocycles. The van der Waals surface area contributed by atoms with Gasteiger partial charge in [0.15, 0.2) is 0 Å². The molecule has 0 unspecified atom stereocenters. The first-order chi connectivity index (χ1) is 9.86. The van der Waals surface area contributed by atoms with Gasteiger partial charge in [-0.05, 0) is 50.9 Å². The smallest absolute Gasteiger partial charge is 0.250 e. The van der Waals surface area contributed by atoms with Gasteiger partial charge in [-0.15, -0.1) is 11.3 Å². The molecule has 0 bridgehead atoms. The number of thiophene rings is 1. The first-order valence-electron chi connectivity index (χ1n) is 7.35. The molecule has 0 amide bonds. The Bertz CT molecular complexity index is 512. The van der Waals surface area contributed by atoms with E-state index in [1.165, 1.54) is 11.3 Å². The van der Waals surface area contributed by atoms with Crippen molar-refractivity contribution in [3.63, 3.8) is 0 Å². The van der Waals surface area contributed by atoms with Crippen LogP contribution in [0.25, 0.3) is 0 Å². The molecule has 0 spiro atoms. The number of nitrogens with one attached hydrogen (secondary N) is 2. The number of rotatable bonds is 10. The molecule has 1 aromatic heterocycles. The van der Waals surface area contributed by atoms with Crippen molar-refractivity contribution >= 4 is 21.4 Å². The Balaban J connectivity index is 2.50. The zero-order valence-corrected chi connectivity index (χ0v) is 15.0. The summed E-state index contributed by atoms with van der Waals surface area (Å²) in [5.74, 6) is 0. The maximum atomic E-state index is 12.2. The van der Waals surface area contributed by atoms with Crippen molar-refractivity contribution in [1.82, 2.24) is 14.9 Å². The van der Waals surface area contributed by atoms with Gasteiger partial charge in [0.2, 0.25) is 10.0 Å². The Hall–Kier alpha value is -0.470. The largest absolute Gasteiger partial charge is 0.313 e. The monoisotopic (exact) mass is 333 g/mol. The lowest BCUT2D eigenvalue weighted by atomic mass is 10.3. The van der Waals surface area contributed by atoms with Crippen LogP contribution in [-0.2, 0) is 16.6 Å². The van der Waals surface area contributed by atoms with E-state index < -0.39 is 10.0 Å². The molecule has 21 heavy (non-hydrogen) atoms. The fourth-order valence-electron chi connectivity index (χ4n) is 1.68. The van der Waals surface area contributed by atoms with Gasteiger partial charge in [0, 0.05) is 25.7 Å². The lowest BCUT2D eigenvalue weighted by Gasteiger charge is -2.20. The molecule has 0 aliphatic carbocycles. The van der Waals surface area contributed by atoms with Crippen LogP contribution in [0.3, 0.4) is 0 Å². The summed E-state index contributed by atoms with van der Waals surface area (Å²) in [5, 5.41) is 5.17.